The molecule has 3 N–H and O–H groups in total. The summed E-state index contributed by atoms with van der Waals surface area (Å²) in [7, 11) is 0. The molecule has 1 amide bonds. The molecule has 2 aromatic rings. The maximum absolute atomic E-state index is 11.8. The number of hydrogen-bond donors (Lipinski definition) is 3. The fourth-order valence-corrected chi connectivity index (χ4v) is 1.85. The number of aromatic amines is 1. The van der Waals surface area contributed by atoms with E-state index >= 15 is 0 Å². The number of halogens is 1. The van der Waals surface area contributed by atoms with Crippen molar-refractivity contribution < 1.29 is 14.7 Å². The van der Waals surface area contributed by atoms with E-state index in [-0.39, 0.29) is 17.9 Å². The van der Waals surface area contributed by atoms with Gasteiger partial charge in [0.05, 0.1) is 17.7 Å². The van der Waals surface area contributed by atoms with Crippen LogP contribution in [0.5, 0.6) is 0 Å². The summed E-state index contributed by atoms with van der Waals surface area (Å²) < 4.78 is 0.621. The Balaban J connectivity index is 2.11. The molecule has 0 radical (unpaired) electrons. The van der Waals surface area contributed by atoms with Crippen LogP contribution in [-0.4, -0.2) is 27.2 Å². The molecule has 1 heterocycles. The average Bonchev–Trinajstić information content (AvgIpc) is 2.84. The van der Waals surface area contributed by atoms with Crippen LogP contribution >= 0.6 is 15.9 Å². The van der Waals surface area contributed by atoms with Crippen molar-refractivity contribution in [1.29, 1.82) is 0 Å². The van der Waals surface area contributed by atoms with Crippen LogP contribution in [0.2, 0.25) is 0 Å². The van der Waals surface area contributed by atoms with E-state index in [0.717, 1.165) is 0 Å². The second-order valence-corrected chi connectivity index (χ2v) is 4.66. The molecular formula is C12H10BrN3O3. The first-order valence-electron chi connectivity index (χ1n) is 5.37. The van der Waals surface area contributed by atoms with Crippen LogP contribution in [0.4, 0.5) is 5.69 Å². The van der Waals surface area contributed by atoms with Gasteiger partial charge >= 0.3 is 5.97 Å². The maximum atomic E-state index is 11.8. The third-order valence-corrected chi connectivity index (χ3v) is 3.09. The Morgan fingerprint density at radius 2 is 2.16 bits per heavy atom. The summed E-state index contributed by atoms with van der Waals surface area (Å²) in [5.41, 5.74) is 1.22. The molecule has 0 spiro atoms. The van der Waals surface area contributed by atoms with E-state index in [1.54, 1.807) is 18.3 Å². The van der Waals surface area contributed by atoms with Gasteiger partial charge in [-0.15, -0.1) is 0 Å². The van der Waals surface area contributed by atoms with E-state index in [9.17, 15) is 9.59 Å². The molecule has 7 heteroatoms. The summed E-state index contributed by atoms with van der Waals surface area (Å²) in [5, 5.41) is 18.0. The van der Waals surface area contributed by atoms with E-state index in [1.165, 1.54) is 12.1 Å². The van der Waals surface area contributed by atoms with Crippen LogP contribution in [0.15, 0.2) is 34.9 Å². The van der Waals surface area contributed by atoms with Gasteiger partial charge in [0.15, 0.2) is 0 Å². The Morgan fingerprint density at radius 3 is 2.79 bits per heavy atom. The first kappa shape index (κ1) is 13.3. The molecule has 2 rings (SSSR count). The Kier molecular flexibility index (Phi) is 3.96. The number of rotatable bonds is 4. The van der Waals surface area contributed by atoms with Crippen molar-refractivity contribution in [2.45, 2.75) is 6.42 Å². The van der Waals surface area contributed by atoms with Crippen LogP contribution in [0.25, 0.3) is 0 Å². The molecule has 98 valence electrons. The Labute approximate surface area is 117 Å². The van der Waals surface area contributed by atoms with Crippen molar-refractivity contribution in [2.75, 3.05) is 5.32 Å². The summed E-state index contributed by atoms with van der Waals surface area (Å²) in [6.45, 7) is 0. The molecule has 19 heavy (non-hydrogen) atoms. The first-order valence-corrected chi connectivity index (χ1v) is 6.16. The molecule has 0 bridgehead atoms. The molecule has 0 aliphatic rings. The maximum Gasteiger partial charge on any atom is 0.335 e. The topological polar surface area (TPSA) is 95.1 Å². The number of benzene rings is 1. The van der Waals surface area contributed by atoms with Gasteiger partial charge in [-0.1, -0.05) is 0 Å². The lowest BCUT2D eigenvalue weighted by molar-refractivity contribution is -0.115. The van der Waals surface area contributed by atoms with E-state index in [4.69, 9.17) is 5.11 Å². The highest BCUT2D eigenvalue weighted by Crippen LogP contribution is 2.23. The van der Waals surface area contributed by atoms with Crippen LogP contribution < -0.4 is 5.32 Å². The third-order valence-electron chi connectivity index (χ3n) is 2.40. The SMILES string of the molecule is O=C(Cc1ccn[nH]1)Nc1cc(C(=O)O)ccc1Br. The quantitative estimate of drug-likeness (QED) is 0.802. The van der Waals surface area contributed by atoms with Crippen molar-refractivity contribution in [3.8, 4) is 0 Å². The third kappa shape index (κ3) is 3.41. The smallest absolute Gasteiger partial charge is 0.335 e. The molecular weight excluding hydrogens is 314 g/mol. The lowest BCUT2D eigenvalue weighted by Crippen LogP contribution is -2.15. The van der Waals surface area contributed by atoms with Crippen LogP contribution in [0.1, 0.15) is 16.1 Å². The monoisotopic (exact) mass is 323 g/mol. The van der Waals surface area contributed by atoms with E-state index in [1.807, 2.05) is 0 Å². The fourth-order valence-electron chi connectivity index (χ4n) is 1.50. The Bertz CT molecular complexity index is 611. The predicted molar refractivity (Wildman–Crippen MR) is 72.0 cm³/mol. The van der Waals surface area contributed by atoms with Gasteiger partial charge in [-0.05, 0) is 40.2 Å². The normalized spacial score (nSPS) is 10.2. The van der Waals surface area contributed by atoms with E-state index in [2.05, 4.69) is 31.4 Å². The number of anilines is 1. The summed E-state index contributed by atoms with van der Waals surface area (Å²) in [6.07, 6.45) is 1.70. The summed E-state index contributed by atoms with van der Waals surface area (Å²) >= 11 is 3.26. The number of carbonyl (C=O) groups is 2. The van der Waals surface area contributed by atoms with Gasteiger partial charge in [0.1, 0.15) is 0 Å². The summed E-state index contributed by atoms with van der Waals surface area (Å²) in [6, 6.07) is 6.13. The molecule has 0 aliphatic heterocycles. The van der Waals surface area contributed by atoms with Gasteiger partial charge in [-0.3, -0.25) is 9.89 Å². The number of carbonyl (C=O) groups excluding carboxylic acids is 1. The van der Waals surface area contributed by atoms with Gasteiger partial charge in [-0.2, -0.15) is 5.10 Å². The summed E-state index contributed by atoms with van der Waals surface area (Å²) in [5.74, 6) is -1.30. The first-order chi connectivity index (χ1) is 9.06. The number of nitrogens with zero attached hydrogens (tertiary/aromatic N) is 1. The molecule has 0 saturated carbocycles. The Morgan fingerprint density at radius 1 is 1.37 bits per heavy atom. The number of amides is 1. The van der Waals surface area contributed by atoms with Gasteiger partial charge in [0, 0.05) is 16.4 Å². The summed E-state index contributed by atoms with van der Waals surface area (Å²) in [4.78, 5) is 22.7. The zero-order valence-electron chi connectivity index (χ0n) is 9.68. The van der Waals surface area contributed by atoms with Crippen LogP contribution in [0, 0.1) is 0 Å². The molecule has 0 saturated heterocycles. The highest BCUT2D eigenvalue weighted by atomic mass is 79.9. The minimum Gasteiger partial charge on any atom is -0.478 e. The number of hydrogen-bond acceptors (Lipinski definition) is 3. The molecule has 1 aromatic carbocycles. The largest absolute Gasteiger partial charge is 0.478 e. The number of aromatic nitrogens is 2. The van der Waals surface area contributed by atoms with E-state index < -0.39 is 5.97 Å². The molecule has 0 aliphatic carbocycles. The lowest BCUT2D eigenvalue weighted by Gasteiger charge is -2.07. The molecule has 1 aromatic heterocycles. The molecule has 0 atom stereocenters. The fraction of sp³-hybridized carbons (Fsp3) is 0.0833. The number of H-pyrrole nitrogens is 1. The van der Waals surface area contributed by atoms with E-state index in [0.29, 0.717) is 15.9 Å². The highest BCUT2D eigenvalue weighted by molar-refractivity contribution is 9.10. The second-order valence-electron chi connectivity index (χ2n) is 3.81. The predicted octanol–water partition coefficient (Wildman–Crippen LogP) is 2.05. The number of nitrogens with one attached hydrogen (secondary N) is 2. The lowest BCUT2D eigenvalue weighted by atomic mass is 10.2. The number of carboxylic acids is 1. The van der Waals surface area contributed by atoms with Crippen LogP contribution in [-0.2, 0) is 11.2 Å². The van der Waals surface area contributed by atoms with Gasteiger partial charge in [-0.25, -0.2) is 4.79 Å². The minimum atomic E-state index is -1.04. The van der Waals surface area contributed by atoms with Crippen molar-refractivity contribution in [1.82, 2.24) is 10.2 Å². The van der Waals surface area contributed by atoms with Crippen molar-refractivity contribution >= 4 is 33.5 Å². The Hall–Kier alpha value is -2.15. The molecule has 0 unspecified atom stereocenters. The molecule has 6 nitrogen and oxygen atoms in total. The van der Waals surface area contributed by atoms with Crippen molar-refractivity contribution in [3.05, 3.63) is 46.2 Å². The van der Waals surface area contributed by atoms with Crippen molar-refractivity contribution in [2.24, 2.45) is 0 Å². The zero-order chi connectivity index (χ0) is 13.8. The van der Waals surface area contributed by atoms with Gasteiger partial charge in [0.25, 0.3) is 0 Å². The average molecular weight is 324 g/mol. The number of carboxylic acid groups (broad SMARTS) is 1. The second kappa shape index (κ2) is 5.66. The molecule has 0 fully saturated rings. The highest BCUT2D eigenvalue weighted by Gasteiger charge is 2.10. The van der Waals surface area contributed by atoms with Crippen LogP contribution in [0.3, 0.4) is 0 Å². The number of aromatic carboxylic acids is 1. The van der Waals surface area contributed by atoms with Crippen molar-refractivity contribution in [3.63, 3.8) is 0 Å². The zero-order valence-corrected chi connectivity index (χ0v) is 11.3. The standard InChI is InChI=1S/C12H10BrN3O3/c13-9-2-1-7(12(18)19)5-10(9)15-11(17)6-8-3-4-14-16-8/h1-5H,6H2,(H,14,16)(H,15,17)(H,18,19). The minimum absolute atomic E-state index is 0.111. The van der Waals surface area contributed by atoms with Gasteiger partial charge < -0.3 is 10.4 Å². The van der Waals surface area contributed by atoms with Gasteiger partial charge in [0.2, 0.25) is 5.91 Å².